The lowest BCUT2D eigenvalue weighted by molar-refractivity contribution is 0.172. The summed E-state index contributed by atoms with van der Waals surface area (Å²) in [7, 11) is -1.33. The van der Waals surface area contributed by atoms with Crippen LogP contribution < -0.4 is 10.7 Å². The Hall–Kier alpha value is -2.10. The molecule has 118 valence electrons. The molecule has 2 aromatic rings. The highest BCUT2D eigenvalue weighted by atomic mass is 32.2. The fraction of sp³-hybridized carbons (Fsp3) is 0.308. The number of aromatic nitrogens is 3. The summed E-state index contributed by atoms with van der Waals surface area (Å²) in [5, 5.41) is 5.48. The normalized spacial score (nSPS) is 14.5. The van der Waals surface area contributed by atoms with Crippen LogP contribution in [0.2, 0.25) is 0 Å². The summed E-state index contributed by atoms with van der Waals surface area (Å²) in [5.41, 5.74) is -0.0244. The smallest absolute Gasteiger partial charge is 0.250 e. The number of methoxy groups -OCH3 is 1. The van der Waals surface area contributed by atoms with Gasteiger partial charge in [-0.25, -0.2) is 23.5 Å². The Balaban J connectivity index is 2.85. The lowest BCUT2D eigenvalue weighted by Gasteiger charge is -2.29. The predicted octanol–water partition coefficient (Wildman–Crippen LogP) is -0.646. The van der Waals surface area contributed by atoms with E-state index in [0.717, 1.165) is 0 Å². The largest absolute Gasteiger partial charge is 0.382 e. The highest BCUT2D eigenvalue weighted by Gasteiger charge is 2.48. The van der Waals surface area contributed by atoms with Gasteiger partial charge in [-0.1, -0.05) is 0 Å². The molecule has 0 aliphatic rings. The van der Waals surface area contributed by atoms with Crippen molar-refractivity contribution in [1.29, 1.82) is 0 Å². The molecule has 0 aromatic carbocycles. The molecule has 2 N–H and O–H groups in total. The number of nitrogens with two attached hydrogens (primary N) is 1. The highest BCUT2D eigenvalue weighted by molar-refractivity contribution is 7.90. The monoisotopic (exact) mass is 324 g/mol. The first-order valence-corrected chi connectivity index (χ1v) is 7.83. The van der Waals surface area contributed by atoms with Gasteiger partial charge in [-0.3, -0.25) is 4.79 Å². The van der Waals surface area contributed by atoms with Gasteiger partial charge in [0.2, 0.25) is 15.6 Å². The van der Waals surface area contributed by atoms with E-state index in [1.54, 1.807) is 6.07 Å². The molecular formula is C13H16N4O4S. The lowest BCUT2D eigenvalue weighted by Crippen LogP contribution is -2.47. The molecule has 0 aliphatic carbocycles. The van der Waals surface area contributed by atoms with Crippen molar-refractivity contribution < 1.29 is 13.2 Å². The van der Waals surface area contributed by atoms with Gasteiger partial charge < -0.3 is 9.30 Å². The quantitative estimate of drug-likeness (QED) is 0.781. The second-order valence-electron chi connectivity index (χ2n) is 4.74. The number of sulfonamides is 1. The van der Waals surface area contributed by atoms with Crippen molar-refractivity contribution in [1.82, 2.24) is 14.5 Å². The van der Waals surface area contributed by atoms with Gasteiger partial charge in [-0.2, -0.15) is 0 Å². The van der Waals surface area contributed by atoms with E-state index in [1.807, 2.05) is 0 Å². The standard InChI is InChI=1S/C13H16N4O4S/c1-17-8-10(4-5-11(17)18)13(9-21-2,22(14,19)20)12-15-6-3-7-16-12/h3-8H,9H2,1-2H3,(H2,14,19,20). The predicted molar refractivity (Wildman–Crippen MR) is 79.5 cm³/mol. The second kappa shape index (κ2) is 5.95. The molecule has 2 rings (SSSR count). The zero-order valence-electron chi connectivity index (χ0n) is 12.1. The third-order valence-electron chi connectivity index (χ3n) is 3.31. The maximum absolute atomic E-state index is 12.4. The van der Waals surface area contributed by atoms with Gasteiger partial charge in [0.1, 0.15) is 0 Å². The van der Waals surface area contributed by atoms with Gasteiger partial charge >= 0.3 is 0 Å². The molecule has 1 unspecified atom stereocenters. The molecule has 0 radical (unpaired) electrons. The molecule has 0 amide bonds. The minimum Gasteiger partial charge on any atom is -0.382 e. The van der Waals surface area contributed by atoms with Gasteiger partial charge in [0.15, 0.2) is 10.6 Å². The van der Waals surface area contributed by atoms with Gasteiger partial charge in [-0.05, 0) is 12.1 Å². The Morgan fingerprint density at radius 1 is 1.32 bits per heavy atom. The molecule has 1 atom stereocenters. The topological polar surface area (TPSA) is 117 Å². The Kier molecular flexibility index (Phi) is 4.40. The number of hydrogen-bond acceptors (Lipinski definition) is 6. The van der Waals surface area contributed by atoms with Crippen molar-refractivity contribution in [2.75, 3.05) is 13.7 Å². The first-order valence-electron chi connectivity index (χ1n) is 6.29. The maximum Gasteiger partial charge on any atom is 0.250 e. The van der Waals surface area contributed by atoms with E-state index < -0.39 is 14.8 Å². The second-order valence-corrected chi connectivity index (χ2v) is 6.53. The molecular weight excluding hydrogens is 308 g/mol. The number of hydrogen-bond donors (Lipinski definition) is 1. The van der Waals surface area contributed by atoms with E-state index in [4.69, 9.17) is 9.88 Å². The fourth-order valence-corrected chi connectivity index (χ4v) is 3.29. The highest BCUT2D eigenvalue weighted by Crippen LogP contribution is 2.33. The zero-order valence-corrected chi connectivity index (χ0v) is 12.9. The summed E-state index contributed by atoms with van der Waals surface area (Å²) in [6, 6.07) is 4.21. The van der Waals surface area contributed by atoms with Crippen LogP contribution in [-0.4, -0.2) is 36.7 Å². The van der Waals surface area contributed by atoms with Crippen molar-refractivity contribution >= 4 is 10.0 Å². The van der Waals surface area contributed by atoms with Crippen molar-refractivity contribution in [2.45, 2.75) is 4.75 Å². The average molecular weight is 324 g/mol. The summed E-state index contributed by atoms with van der Waals surface area (Å²) >= 11 is 0. The molecule has 0 fully saturated rings. The van der Waals surface area contributed by atoms with Crippen molar-refractivity contribution in [3.8, 4) is 0 Å². The van der Waals surface area contributed by atoms with E-state index in [-0.39, 0.29) is 23.6 Å². The Morgan fingerprint density at radius 3 is 2.45 bits per heavy atom. The molecule has 0 saturated carbocycles. The molecule has 8 nitrogen and oxygen atoms in total. The molecule has 2 aromatic heterocycles. The third-order valence-corrected chi connectivity index (χ3v) is 4.82. The van der Waals surface area contributed by atoms with Gasteiger partial charge in [0.25, 0.3) is 0 Å². The van der Waals surface area contributed by atoms with Crippen LogP contribution in [0.4, 0.5) is 0 Å². The average Bonchev–Trinajstić information content (AvgIpc) is 2.47. The Bertz CT molecular complexity index is 819. The van der Waals surface area contributed by atoms with Crippen molar-refractivity contribution in [2.24, 2.45) is 12.2 Å². The van der Waals surface area contributed by atoms with Crippen LogP contribution in [0.5, 0.6) is 0 Å². The molecule has 2 heterocycles. The molecule has 0 aliphatic heterocycles. The van der Waals surface area contributed by atoms with E-state index in [0.29, 0.717) is 0 Å². The fourth-order valence-electron chi connectivity index (χ4n) is 2.19. The van der Waals surface area contributed by atoms with E-state index in [1.165, 1.54) is 49.4 Å². The first-order chi connectivity index (χ1) is 10.3. The Labute approximate surface area is 127 Å². The molecule has 0 spiro atoms. The number of rotatable bonds is 5. The lowest BCUT2D eigenvalue weighted by atomic mass is 9.99. The number of pyridine rings is 1. The summed E-state index contributed by atoms with van der Waals surface area (Å²) in [6.45, 7) is -0.284. The number of nitrogens with zero attached hydrogens (tertiary/aromatic N) is 3. The van der Waals surface area contributed by atoms with Crippen LogP contribution in [0.15, 0.2) is 41.6 Å². The molecule has 0 saturated heterocycles. The van der Waals surface area contributed by atoms with Crippen LogP contribution in [-0.2, 0) is 26.6 Å². The summed E-state index contributed by atoms with van der Waals surface area (Å²) < 4.78 is 29.3. The third kappa shape index (κ3) is 2.65. The van der Waals surface area contributed by atoms with Crippen molar-refractivity contribution in [3.05, 3.63) is 58.5 Å². The van der Waals surface area contributed by atoms with E-state index in [9.17, 15) is 13.2 Å². The number of ether oxygens (including phenoxy) is 1. The van der Waals surface area contributed by atoms with E-state index in [2.05, 4.69) is 9.97 Å². The molecule has 22 heavy (non-hydrogen) atoms. The van der Waals surface area contributed by atoms with Crippen LogP contribution >= 0.6 is 0 Å². The minimum absolute atomic E-state index is 0.0157. The van der Waals surface area contributed by atoms with Gasteiger partial charge in [0, 0.05) is 44.4 Å². The van der Waals surface area contributed by atoms with Gasteiger partial charge in [-0.15, -0.1) is 0 Å². The number of primary sulfonamides is 1. The summed E-state index contributed by atoms with van der Waals surface area (Å²) in [4.78, 5) is 19.6. The SMILES string of the molecule is COCC(c1ccc(=O)n(C)c1)(c1ncccn1)S(N)(=O)=O. The zero-order chi connectivity index (χ0) is 16.4. The van der Waals surface area contributed by atoms with Crippen LogP contribution in [0.3, 0.4) is 0 Å². The Morgan fingerprint density at radius 2 is 1.95 bits per heavy atom. The summed E-state index contributed by atoms with van der Waals surface area (Å²) in [6.07, 6.45) is 4.22. The van der Waals surface area contributed by atoms with Crippen LogP contribution in [0, 0.1) is 0 Å². The van der Waals surface area contributed by atoms with Crippen LogP contribution in [0.1, 0.15) is 11.4 Å². The van der Waals surface area contributed by atoms with Crippen molar-refractivity contribution in [3.63, 3.8) is 0 Å². The first kappa shape index (κ1) is 16.3. The summed E-state index contributed by atoms with van der Waals surface area (Å²) in [5.74, 6) is -0.0157. The maximum atomic E-state index is 12.4. The van der Waals surface area contributed by atoms with E-state index >= 15 is 0 Å². The van der Waals surface area contributed by atoms with Gasteiger partial charge in [0.05, 0.1) is 6.61 Å². The van der Waals surface area contributed by atoms with Crippen LogP contribution in [0.25, 0.3) is 0 Å². The molecule has 0 bridgehead atoms. The number of aryl methyl sites for hydroxylation is 1. The molecule has 9 heteroatoms. The minimum atomic E-state index is -4.19.